The summed E-state index contributed by atoms with van der Waals surface area (Å²) in [6, 6.07) is 7.08. The molecule has 0 bridgehead atoms. The molecule has 0 aliphatic carbocycles. The first-order chi connectivity index (χ1) is 7.13. The smallest absolute Gasteiger partial charge is 0.176 e. The van der Waals surface area contributed by atoms with Gasteiger partial charge in [-0.15, -0.1) is 0 Å². The molecular weight excluding hydrogens is 190 g/mol. The standard InChI is InChI=1S/C12H17NO2/c1-9(2)8-15-11-5-3-10(4-6-11)12(14)7-13/h3-6,9H,7-8,13H2,1-2H3. The van der Waals surface area contributed by atoms with Gasteiger partial charge in [0.2, 0.25) is 0 Å². The van der Waals surface area contributed by atoms with Crippen molar-refractivity contribution < 1.29 is 9.53 Å². The molecule has 1 aromatic carbocycles. The molecule has 0 spiro atoms. The second kappa shape index (κ2) is 5.51. The van der Waals surface area contributed by atoms with Gasteiger partial charge >= 0.3 is 0 Å². The first-order valence-electron chi connectivity index (χ1n) is 5.09. The van der Waals surface area contributed by atoms with Gasteiger partial charge in [0.05, 0.1) is 13.2 Å². The van der Waals surface area contributed by atoms with Crippen molar-refractivity contribution in [1.29, 1.82) is 0 Å². The van der Waals surface area contributed by atoms with Crippen LogP contribution in [0.5, 0.6) is 5.75 Å². The normalized spacial score (nSPS) is 10.4. The van der Waals surface area contributed by atoms with Crippen molar-refractivity contribution in [2.45, 2.75) is 13.8 Å². The minimum absolute atomic E-state index is 0.0478. The fraction of sp³-hybridized carbons (Fsp3) is 0.417. The predicted octanol–water partition coefficient (Wildman–Crippen LogP) is 1.86. The first kappa shape index (κ1) is 11.7. The molecule has 0 atom stereocenters. The third-order valence-electron chi connectivity index (χ3n) is 1.95. The van der Waals surface area contributed by atoms with Gasteiger partial charge in [-0.2, -0.15) is 0 Å². The number of hydrogen-bond acceptors (Lipinski definition) is 3. The Labute approximate surface area is 90.2 Å². The van der Waals surface area contributed by atoms with Crippen molar-refractivity contribution in [2.75, 3.05) is 13.2 Å². The summed E-state index contributed by atoms with van der Waals surface area (Å²) in [4.78, 5) is 11.2. The highest BCUT2D eigenvalue weighted by Gasteiger charge is 2.03. The number of hydrogen-bond donors (Lipinski definition) is 1. The van der Waals surface area contributed by atoms with Crippen molar-refractivity contribution in [1.82, 2.24) is 0 Å². The number of ether oxygens (including phenoxy) is 1. The largest absolute Gasteiger partial charge is 0.493 e. The van der Waals surface area contributed by atoms with Crippen molar-refractivity contribution >= 4 is 5.78 Å². The highest BCUT2D eigenvalue weighted by molar-refractivity contribution is 5.97. The zero-order valence-corrected chi connectivity index (χ0v) is 9.19. The number of rotatable bonds is 5. The summed E-state index contributed by atoms with van der Waals surface area (Å²) in [7, 11) is 0. The van der Waals surface area contributed by atoms with Gasteiger partial charge in [-0.3, -0.25) is 4.79 Å². The molecule has 3 nitrogen and oxygen atoms in total. The quantitative estimate of drug-likeness (QED) is 0.750. The van der Waals surface area contributed by atoms with E-state index in [-0.39, 0.29) is 12.3 Å². The average Bonchev–Trinajstić information content (AvgIpc) is 2.26. The Kier molecular flexibility index (Phi) is 4.31. The zero-order chi connectivity index (χ0) is 11.3. The van der Waals surface area contributed by atoms with Crippen molar-refractivity contribution in [3.63, 3.8) is 0 Å². The van der Waals surface area contributed by atoms with E-state index < -0.39 is 0 Å². The van der Waals surface area contributed by atoms with Gasteiger partial charge in [0.1, 0.15) is 5.75 Å². The summed E-state index contributed by atoms with van der Waals surface area (Å²) < 4.78 is 5.49. The Bertz CT molecular complexity index is 317. The van der Waals surface area contributed by atoms with E-state index in [1.165, 1.54) is 0 Å². The lowest BCUT2D eigenvalue weighted by molar-refractivity contribution is 0.100. The summed E-state index contributed by atoms with van der Waals surface area (Å²) in [5, 5.41) is 0. The fourth-order valence-electron chi connectivity index (χ4n) is 1.12. The molecule has 0 amide bonds. The molecule has 0 aromatic heterocycles. The molecule has 1 aromatic rings. The van der Waals surface area contributed by atoms with Crippen LogP contribution in [0.3, 0.4) is 0 Å². The number of nitrogens with two attached hydrogens (primary N) is 1. The highest BCUT2D eigenvalue weighted by atomic mass is 16.5. The molecule has 1 rings (SSSR count). The molecule has 0 aliphatic rings. The molecular formula is C12H17NO2. The van der Waals surface area contributed by atoms with E-state index in [4.69, 9.17) is 10.5 Å². The third kappa shape index (κ3) is 3.72. The van der Waals surface area contributed by atoms with E-state index in [1.807, 2.05) is 0 Å². The van der Waals surface area contributed by atoms with Crippen molar-refractivity contribution in [3.05, 3.63) is 29.8 Å². The van der Waals surface area contributed by atoms with Crippen LogP contribution >= 0.6 is 0 Å². The van der Waals surface area contributed by atoms with Gasteiger partial charge in [-0.05, 0) is 30.2 Å². The molecule has 3 heteroatoms. The van der Waals surface area contributed by atoms with E-state index >= 15 is 0 Å². The lowest BCUT2D eigenvalue weighted by atomic mass is 10.1. The molecule has 0 saturated carbocycles. The van der Waals surface area contributed by atoms with E-state index in [1.54, 1.807) is 24.3 Å². The van der Waals surface area contributed by atoms with Crippen LogP contribution in [0.2, 0.25) is 0 Å². The summed E-state index contributed by atoms with van der Waals surface area (Å²) in [6.07, 6.45) is 0. The lowest BCUT2D eigenvalue weighted by Gasteiger charge is -2.08. The van der Waals surface area contributed by atoms with Gasteiger partial charge in [0.25, 0.3) is 0 Å². The molecule has 0 heterocycles. The van der Waals surface area contributed by atoms with E-state index in [0.717, 1.165) is 5.75 Å². The van der Waals surface area contributed by atoms with Crippen LogP contribution in [0, 0.1) is 5.92 Å². The maximum Gasteiger partial charge on any atom is 0.176 e. The fourth-order valence-corrected chi connectivity index (χ4v) is 1.12. The molecule has 0 fully saturated rings. The maximum absolute atomic E-state index is 11.2. The zero-order valence-electron chi connectivity index (χ0n) is 9.19. The average molecular weight is 207 g/mol. The second-order valence-corrected chi connectivity index (χ2v) is 3.86. The van der Waals surface area contributed by atoms with Gasteiger partial charge in [-0.1, -0.05) is 13.8 Å². The molecule has 15 heavy (non-hydrogen) atoms. The Morgan fingerprint density at radius 1 is 1.33 bits per heavy atom. The Balaban J connectivity index is 2.60. The third-order valence-corrected chi connectivity index (χ3v) is 1.95. The first-order valence-corrected chi connectivity index (χ1v) is 5.09. The SMILES string of the molecule is CC(C)COc1ccc(C(=O)CN)cc1. The number of carbonyl (C=O) groups is 1. The van der Waals surface area contributed by atoms with Gasteiger partial charge in [-0.25, -0.2) is 0 Å². The van der Waals surface area contributed by atoms with Crippen LogP contribution in [-0.2, 0) is 0 Å². The van der Waals surface area contributed by atoms with Gasteiger partial charge in [0.15, 0.2) is 5.78 Å². The number of benzene rings is 1. The minimum atomic E-state index is -0.0505. The van der Waals surface area contributed by atoms with Crippen LogP contribution in [0.1, 0.15) is 24.2 Å². The summed E-state index contributed by atoms with van der Waals surface area (Å²) in [5.74, 6) is 1.23. The Morgan fingerprint density at radius 2 is 1.93 bits per heavy atom. The molecule has 0 unspecified atom stereocenters. The van der Waals surface area contributed by atoms with E-state index in [9.17, 15) is 4.79 Å². The summed E-state index contributed by atoms with van der Waals surface area (Å²) in [6.45, 7) is 4.91. The Hall–Kier alpha value is -1.35. The van der Waals surface area contributed by atoms with Crippen LogP contribution in [0.15, 0.2) is 24.3 Å². The Morgan fingerprint density at radius 3 is 2.40 bits per heavy atom. The number of ketones is 1. The predicted molar refractivity (Wildman–Crippen MR) is 60.2 cm³/mol. The number of Topliss-reactive ketones (excluding diaryl/α,β-unsaturated/α-hetero) is 1. The second-order valence-electron chi connectivity index (χ2n) is 3.86. The number of carbonyl (C=O) groups excluding carboxylic acids is 1. The van der Waals surface area contributed by atoms with E-state index in [0.29, 0.717) is 18.1 Å². The topological polar surface area (TPSA) is 52.3 Å². The summed E-state index contributed by atoms with van der Waals surface area (Å²) in [5.41, 5.74) is 5.89. The monoisotopic (exact) mass is 207 g/mol. The molecule has 82 valence electrons. The molecule has 0 radical (unpaired) electrons. The summed E-state index contributed by atoms with van der Waals surface area (Å²) >= 11 is 0. The molecule has 0 aliphatic heterocycles. The van der Waals surface area contributed by atoms with Crippen LogP contribution in [-0.4, -0.2) is 18.9 Å². The maximum atomic E-state index is 11.2. The van der Waals surface area contributed by atoms with Crippen molar-refractivity contribution in [2.24, 2.45) is 11.7 Å². The van der Waals surface area contributed by atoms with Crippen molar-refractivity contribution in [3.8, 4) is 5.75 Å². The van der Waals surface area contributed by atoms with E-state index in [2.05, 4.69) is 13.8 Å². The van der Waals surface area contributed by atoms with Crippen LogP contribution < -0.4 is 10.5 Å². The minimum Gasteiger partial charge on any atom is -0.493 e. The van der Waals surface area contributed by atoms with Crippen LogP contribution in [0.25, 0.3) is 0 Å². The van der Waals surface area contributed by atoms with Gasteiger partial charge < -0.3 is 10.5 Å². The van der Waals surface area contributed by atoms with Crippen LogP contribution in [0.4, 0.5) is 0 Å². The molecule has 0 saturated heterocycles. The van der Waals surface area contributed by atoms with Gasteiger partial charge in [0, 0.05) is 5.56 Å². The lowest BCUT2D eigenvalue weighted by Crippen LogP contribution is -2.13. The highest BCUT2D eigenvalue weighted by Crippen LogP contribution is 2.13. The molecule has 2 N–H and O–H groups in total.